The molecule has 6 heteroatoms. The number of nitrogens with zero attached hydrogens (tertiary/aromatic N) is 5. The molecule has 1 aliphatic heterocycles. The van der Waals surface area contributed by atoms with E-state index in [0.717, 1.165) is 50.4 Å². The van der Waals surface area contributed by atoms with E-state index in [-0.39, 0.29) is 5.91 Å². The van der Waals surface area contributed by atoms with Crippen molar-refractivity contribution in [3.8, 4) is 0 Å². The van der Waals surface area contributed by atoms with Crippen molar-refractivity contribution in [2.45, 2.75) is 59.0 Å². The van der Waals surface area contributed by atoms with Crippen molar-refractivity contribution in [3.05, 3.63) is 35.7 Å². The molecule has 0 aromatic carbocycles. The lowest BCUT2D eigenvalue weighted by molar-refractivity contribution is -0.133. The summed E-state index contributed by atoms with van der Waals surface area (Å²) in [4.78, 5) is 18.8. The van der Waals surface area contributed by atoms with Gasteiger partial charge in [0.15, 0.2) is 0 Å². The number of aromatic nitrogens is 4. The average molecular weight is 329 g/mol. The van der Waals surface area contributed by atoms with Crippen molar-refractivity contribution in [2.75, 3.05) is 13.1 Å². The smallest absolute Gasteiger partial charge is 0.222 e. The Kier molecular flexibility index (Phi) is 5.02. The van der Waals surface area contributed by atoms with Gasteiger partial charge in [-0.05, 0) is 46.1 Å². The Balaban J connectivity index is 1.53. The van der Waals surface area contributed by atoms with Gasteiger partial charge in [0, 0.05) is 44.1 Å². The number of carbonyl (C=O) groups excluding carboxylic acids is 1. The minimum absolute atomic E-state index is 0.263. The van der Waals surface area contributed by atoms with Crippen molar-refractivity contribution >= 4 is 5.91 Å². The third-order valence-electron chi connectivity index (χ3n) is 4.85. The van der Waals surface area contributed by atoms with Crippen LogP contribution in [0.2, 0.25) is 0 Å². The number of likely N-dealkylation sites (tertiary alicyclic amines) is 1. The highest BCUT2D eigenvalue weighted by atomic mass is 16.2. The van der Waals surface area contributed by atoms with E-state index in [1.165, 1.54) is 5.69 Å². The van der Waals surface area contributed by atoms with Crippen LogP contribution in [0.1, 0.15) is 48.9 Å². The Morgan fingerprint density at radius 2 is 2.17 bits per heavy atom. The number of imidazole rings is 1. The minimum Gasteiger partial charge on any atom is -0.341 e. The second-order valence-corrected chi connectivity index (χ2v) is 6.78. The quantitative estimate of drug-likeness (QED) is 0.847. The Hall–Kier alpha value is -2.11. The highest BCUT2D eigenvalue weighted by molar-refractivity contribution is 5.76. The zero-order valence-electron chi connectivity index (χ0n) is 14.9. The summed E-state index contributed by atoms with van der Waals surface area (Å²) in [5.41, 5.74) is 2.23. The average Bonchev–Trinajstić information content (AvgIpc) is 3.12. The third-order valence-corrected chi connectivity index (χ3v) is 4.85. The van der Waals surface area contributed by atoms with E-state index in [9.17, 15) is 4.79 Å². The molecular weight excluding hydrogens is 302 g/mol. The first kappa shape index (κ1) is 16.7. The summed E-state index contributed by atoms with van der Waals surface area (Å²) < 4.78 is 4.20. The topological polar surface area (TPSA) is 56.0 Å². The van der Waals surface area contributed by atoms with Crippen LogP contribution in [0.25, 0.3) is 0 Å². The molecule has 1 saturated heterocycles. The molecule has 2 aromatic rings. The van der Waals surface area contributed by atoms with Gasteiger partial charge in [-0.3, -0.25) is 9.48 Å². The molecule has 0 aliphatic carbocycles. The molecule has 24 heavy (non-hydrogen) atoms. The van der Waals surface area contributed by atoms with Crippen LogP contribution >= 0.6 is 0 Å². The van der Waals surface area contributed by atoms with Crippen molar-refractivity contribution < 1.29 is 4.79 Å². The number of amides is 1. The lowest BCUT2D eigenvalue weighted by atomic mass is 10.0. The first-order chi connectivity index (χ1) is 11.5. The van der Waals surface area contributed by atoms with E-state index in [0.29, 0.717) is 12.5 Å². The standard InChI is InChI=1S/C18H27N5O/c1-14-12-15(2)23(20-14)17-6-4-10-22(13-17)18(24)7-5-9-21-11-8-19-16(21)3/h8,11-12,17H,4-7,9-10,13H2,1-3H3/t17-/m0/s1. The van der Waals surface area contributed by atoms with Crippen LogP contribution in [-0.2, 0) is 11.3 Å². The molecule has 1 fully saturated rings. The summed E-state index contributed by atoms with van der Waals surface area (Å²) in [5.74, 6) is 1.27. The Labute approximate surface area is 143 Å². The zero-order chi connectivity index (χ0) is 17.1. The second-order valence-electron chi connectivity index (χ2n) is 6.78. The molecular formula is C18H27N5O. The van der Waals surface area contributed by atoms with Crippen LogP contribution in [0.15, 0.2) is 18.5 Å². The SMILES string of the molecule is Cc1cc(C)n([C@H]2CCCN(C(=O)CCCn3ccnc3C)C2)n1. The normalized spacial score (nSPS) is 18.1. The summed E-state index contributed by atoms with van der Waals surface area (Å²) in [6.45, 7) is 8.61. The molecule has 130 valence electrons. The fraction of sp³-hybridized carbons (Fsp3) is 0.611. The van der Waals surface area contributed by atoms with Crippen molar-refractivity contribution in [1.29, 1.82) is 0 Å². The predicted molar refractivity (Wildman–Crippen MR) is 92.8 cm³/mol. The summed E-state index contributed by atoms with van der Waals surface area (Å²) in [6.07, 6.45) is 7.38. The number of rotatable bonds is 5. The van der Waals surface area contributed by atoms with Crippen molar-refractivity contribution in [3.63, 3.8) is 0 Å². The maximum atomic E-state index is 12.5. The maximum Gasteiger partial charge on any atom is 0.222 e. The molecule has 1 aliphatic rings. The first-order valence-electron chi connectivity index (χ1n) is 8.83. The molecule has 0 bridgehead atoms. The van der Waals surface area contributed by atoms with Gasteiger partial charge >= 0.3 is 0 Å². The number of hydrogen-bond donors (Lipinski definition) is 0. The number of aryl methyl sites for hydroxylation is 4. The highest BCUT2D eigenvalue weighted by Gasteiger charge is 2.25. The highest BCUT2D eigenvalue weighted by Crippen LogP contribution is 2.23. The first-order valence-corrected chi connectivity index (χ1v) is 8.83. The van der Waals surface area contributed by atoms with Gasteiger partial charge in [0.05, 0.1) is 11.7 Å². The lowest BCUT2D eigenvalue weighted by Gasteiger charge is -2.33. The van der Waals surface area contributed by atoms with Gasteiger partial charge in [-0.15, -0.1) is 0 Å². The van der Waals surface area contributed by atoms with Gasteiger partial charge in [-0.2, -0.15) is 5.10 Å². The van der Waals surface area contributed by atoms with Crippen LogP contribution in [0.4, 0.5) is 0 Å². The van der Waals surface area contributed by atoms with Crippen LogP contribution in [0, 0.1) is 20.8 Å². The van der Waals surface area contributed by atoms with Crippen LogP contribution < -0.4 is 0 Å². The number of carbonyl (C=O) groups is 1. The van der Waals surface area contributed by atoms with Crippen molar-refractivity contribution in [2.24, 2.45) is 0 Å². The molecule has 6 nitrogen and oxygen atoms in total. The second kappa shape index (κ2) is 7.20. The van der Waals surface area contributed by atoms with Crippen LogP contribution in [0.3, 0.4) is 0 Å². The van der Waals surface area contributed by atoms with Gasteiger partial charge in [0.2, 0.25) is 5.91 Å². The Morgan fingerprint density at radius 1 is 1.33 bits per heavy atom. The third kappa shape index (κ3) is 3.68. The number of hydrogen-bond acceptors (Lipinski definition) is 3. The molecule has 1 atom stereocenters. The Morgan fingerprint density at radius 3 is 2.83 bits per heavy atom. The zero-order valence-corrected chi connectivity index (χ0v) is 14.9. The van der Waals surface area contributed by atoms with E-state index in [2.05, 4.69) is 32.3 Å². The minimum atomic E-state index is 0.263. The molecule has 3 heterocycles. The molecule has 0 spiro atoms. The van der Waals surface area contributed by atoms with Gasteiger partial charge < -0.3 is 9.47 Å². The molecule has 2 aromatic heterocycles. The van der Waals surface area contributed by atoms with E-state index in [4.69, 9.17) is 0 Å². The maximum absolute atomic E-state index is 12.5. The van der Waals surface area contributed by atoms with Crippen molar-refractivity contribution in [1.82, 2.24) is 24.2 Å². The van der Waals surface area contributed by atoms with Gasteiger partial charge in [-0.1, -0.05) is 0 Å². The molecule has 3 rings (SSSR count). The fourth-order valence-corrected chi connectivity index (χ4v) is 3.60. The van der Waals surface area contributed by atoms with Crippen LogP contribution in [0.5, 0.6) is 0 Å². The molecule has 0 unspecified atom stereocenters. The van der Waals surface area contributed by atoms with Gasteiger partial charge in [0.1, 0.15) is 5.82 Å². The van der Waals surface area contributed by atoms with Gasteiger partial charge in [-0.25, -0.2) is 4.98 Å². The van der Waals surface area contributed by atoms with E-state index >= 15 is 0 Å². The fourth-order valence-electron chi connectivity index (χ4n) is 3.60. The Bertz CT molecular complexity index is 702. The summed E-state index contributed by atoms with van der Waals surface area (Å²) in [6, 6.07) is 2.42. The monoisotopic (exact) mass is 329 g/mol. The number of piperidine rings is 1. The largest absolute Gasteiger partial charge is 0.341 e. The lowest BCUT2D eigenvalue weighted by Crippen LogP contribution is -2.41. The summed E-state index contributed by atoms with van der Waals surface area (Å²) >= 11 is 0. The van der Waals surface area contributed by atoms with Gasteiger partial charge in [0.25, 0.3) is 0 Å². The predicted octanol–water partition coefficient (Wildman–Crippen LogP) is 2.65. The van der Waals surface area contributed by atoms with Crippen LogP contribution in [-0.4, -0.2) is 43.2 Å². The molecule has 0 radical (unpaired) electrons. The molecule has 0 saturated carbocycles. The summed E-state index contributed by atoms with van der Waals surface area (Å²) in [5, 5.41) is 4.60. The van der Waals surface area contributed by atoms with E-state index < -0.39 is 0 Å². The van der Waals surface area contributed by atoms with E-state index in [1.54, 1.807) is 6.20 Å². The molecule has 0 N–H and O–H groups in total. The van der Waals surface area contributed by atoms with E-state index in [1.807, 2.05) is 24.9 Å². The molecule has 1 amide bonds. The summed E-state index contributed by atoms with van der Waals surface area (Å²) in [7, 11) is 0.